The maximum absolute atomic E-state index is 10.3. The lowest BCUT2D eigenvalue weighted by atomic mass is 10.0. The van der Waals surface area contributed by atoms with Gasteiger partial charge < -0.3 is 10.4 Å². The number of halogens is 2. The number of aliphatic hydroxyl groups is 1. The topological polar surface area (TPSA) is 32.3 Å². The Kier molecular flexibility index (Phi) is 8.55. The standard InChI is InChI=1S/C16H25Cl2NO/c1-3-5-7-13(6-4-2)19-11-16(20)14-10-12(17)8-9-15(14)18/h8-10,13,16,19-20H,3-7,11H2,1-2H3. The molecule has 2 N–H and O–H groups in total. The summed E-state index contributed by atoms with van der Waals surface area (Å²) in [6, 6.07) is 5.65. The molecule has 0 aromatic heterocycles. The third-order valence-corrected chi connectivity index (χ3v) is 4.04. The van der Waals surface area contributed by atoms with Crippen LogP contribution >= 0.6 is 23.2 Å². The Balaban J connectivity index is 2.55. The molecule has 2 nitrogen and oxygen atoms in total. The molecule has 1 rings (SSSR count). The first-order chi connectivity index (χ1) is 9.58. The highest BCUT2D eigenvalue weighted by Gasteiger charge is 2.14. The van der Waals surface area contributed by atoms with Crippen molar-refractivity contribution in [3.8, 4) is 0 Å². The molecule has 1 aromatic carbocycles. The zero-order valence-corrected chi connectivity index (χ0v) is 13.8. The second-order valence-corrected chi connectivity index (χ2v) is 6.06. The van der Waals surface area contributed by atoms with Crippen molar-refractivity contribution in [3.05, 3.63) is 33.8 Å². The minimum atomic E-state index is -0.623. The minimum Gasteiger partial charge on any atom is -0.387 e. The molecule has 4 heteroatoms. The first-order valence-electron chi connectivity index (χ1n) is 7.44. The fraction of sp³-hybridized carbons (Fsp3) is 0.625. The first kappa shape index (κ1) is 17.8. The Morgan fingerprint density at radius 1 is 1.15 bits per heavy atom. The molecule has 20 heavy (non-hydrogen) atoms. The molecule has 2 unspecified atom stereocenters. The van der Waals surface area contributed by atoms with E-state index in [4.69, 9.17) is 23.2 Å². The van der Waals surface area contributed by atoms with Gasteiger partial charge in [0.1, 0.15) is 0 Å². The van der Waals surface area contributed by atoms with E-state index in [0.29, 0.717) is 28.2 Å². The van der Waals surface area contributed by atoms with E-state index < -0.39 is 6.10 Å². The van der Waals surface area contributed by atoms with Crippen LogP contribution in [0.5, 0.6) is 0 Å². The van der Waals surface area contributed by atoms with Gasteiger partial charge in [0, 0.05) is 28.2 Å². The number of aliphatic hydroxyl groups excluding tert-OH is 1. The van der Waals surface area contributed by atoms with Crippen molar-refractivity contribution in [1.29, 1.82) is 0 Å². The van der Waals surface area contributed by atoms with Crippen molar-refractivity contribution < 1.29 is 5.11 Å². The fourth-order valence-corrected chi connectivity index (χ4v) is 2.73. The van der Waals surface area contributed by atoms with Crippen molar-refractivity contribution in [2.75, 3.05) is 6.54 Å². The molecule has 0 aliphatic rings. The van der Waals surface area contributed by atoms with Gasteiger partial charge in [-0.05, 0) is 31.0 Å². The average molecular weight is 318 g/mol. The van der Waals surface area contributed by atoms with Crippen molar-refractivity contribution in [2.24, 2.45) is 0 Å². The predicted molar refractivity (Wildman–Crippen MR) is 87.6 cm³/mol. The van der Waals surface area contributed by atoms with E-state index >= 15 is 0 Å². The maximum Gasteiger partial charge on any atom is 0.0929 e. The molecule has 0 spiro atoms. The summed E-state index contributed by atoms with van der Waals surface area (Å²) >= 11 is 12.1. The van der Waals surface area contributed by atoms with Gasteiger partial charge in [0.05, 0.1) is 6.10 Å². The zero-order valence-electron chi connectivity index (χ0n) is 12.3. The molecule has 0 aliphatic heterocycles. The molecule has 0 saturated heterocycles. The van der Waals surface area contributed by atoms with Crippen molar-refractivity contribution in [2.45, 2.75) is 58.1 Å². The first-order valence-corrected chi connectivity index (χ1v) is 8.20. The van der Waals surface area contributed by atoms with Crippen LogP contribution in [0.1, 0.15) is 57.6 Å². The second kappa shape index (κ2) is 9.62. The summed E-state index contributed by atoms with van der Waals surface area (Å²) in [6.07, 6.45) is 5.23. The van der Waals surface area contributed by atoms with Gasteiger partial charge in [-0.3, -0.25) is 0 Å². The van der Waals surface area contributed by atoms with Crippen LogP contribution in [0, 0.1) is 0 Å². The van der Waals surface area contributed by atoms with Crippen molar-refractivity contribution >= 4 is 23.2 Å². The number of nitrogens with one attached hydrogen (secondary N) is 1. The van der Waals surface area contributed by atoms with Gasteiger partial charge in [0.25, 0.3) is 0 Å². The summed E-state index contributed by atoms with van der Waals surface area (Å²) in [5.74, 6) is 0. The normalized spacial score (nSPS) is 14.2. The van der Waals surface area contributed by atoms with Gasteiger partial charge in [0.15, 0.2) is 0 Å². The van der Waals surface area contributed by atoms with Gasteiger partial charge in [-0.1, -0.05) is 56.3 Å². The average Bonchev–Trinajstić information content (AvgIpc) is 2.44. The lowest BCUT2D eigenvalue weighted by molar-refractivity contribution is 0.167. The van der Waals surface area contributed by atoms with Crippen LogP contribution in [-0.4, -0.2) is 17.7 Å². The van der Waals surface area contributed by atoms with E-state index in [1.165, 1.54) is 12.8 Å². The smallest absolute Gasteiger partial charge is 0.0929 e. The van der Waals surface area contributed by atoms with Crippen LogP contribution in [0.4, 0.5) is 0 Å². The number of hydrogen-bond acceptors (Lipinski definition) is 2. The Morgan fingerprint density at radius 2 is 1.90 bits per heavy atom. The molecule has 0 bridgehead atoms. The number of hydrogen-bond donors (Lipinski definition) is 2. The molecule has 0 heterocycles. The number of unbranched alkanes of at least 4 members (excludes halogenated alkanes) is 1. The lowest BCUT2D eigenvalue weighted by Gasteiger charge is -2.21. The third-order valence-electron chi connectivity index (χ3n) is 3.46. The zero-order chi connectivity index (χ0) is 15.0. The lowest BCUT2D eigenvalue weighted by Crippen LogP contribution is -2.32. The highest BCUT2D eigenvalue weighted by molar-refractivity contribution is 6.33. The number of rotatable bonds is 9. The molecule has 0 aliphatic carbocycles. The van der Waals surface area contributed by atoms with Gasteiger partial charge in [-0.2, -0.15) is 0 Å². The molecule has 2 atom stereocenters. The Labute approximate surface area is 132 Å². The molecule has 0 saturated carbocycles. The summed E-state index contributed by atoms with van der Waals surface area (Å²) in [6.45, 7) is 4.89. The van der Waals surface area contributed by atoms with Crippen LogP contribution < -0.4 is 5.32 Å². The van der Waals surface area contributed by atoms with Crippen LogP contribution in [0.25, 0.3) is 0 Å². The van der Waals surface area contributed by atoms with Gasteiger partial charge in [0.2, 0.25) is 0 Å². The highest BCUT2D eigenvalue weighted by atomic mass is 35.5. The van der Waals surface area contributed by atoms with Gasteiger partial charge >= 0.3 is 0 Å². The van der Waals surface area contributed by atoms with Crippen molar-refractivity contribution in [1.82, 2.24) is 5.32 Å². The highest BCUT2D eigenvalue weighted by Crippen LogP contribution is 2.26. The predicted octanol–water partition coefficient (Wildman–Crippen LogP) is 4.98. The summed E-state index contributed by atoms with van der Waals surface area (Å²) in [7, 11) is 0. The SMILES string of the molecule is CCCCC(CCC)NCC(O)c1cc(Cl)ccc1Cl. The van der Waals surface area contributed by atoms with E-state index in [9.17, 15) is 5.11 Å². The van der Waals surface area contributed by atoms with E-state index in [1.807, 2.05) is 0 Å². The number of benzene rings is 1. The molecule has 0 fully saturated rings. The van der Waals surface area contributed by atoms with Crippen LogP contribution in [0.3, 0.4) is 0 Å². The molecule has 114 valence electrons. The Hall–Kier alpha value is -0.280. The van der Waals surface area contributed by atoms with E-state index in [0.717, 1.165) is 19.3 Å². The third kappa shape index (κ3) is 6.01. The molecule has 0 radical (unpaired) electrons. The summed E-state index contributed by atoms with van der Waals surface area (Å²) in [4.78, 5) is 0. The Bertz CT molecular complexity index is 398. The summed E-state index contributed by atoms with van der Waals surface area (Å²) in [5, 5.41) is 14.9. The second-order valence-electron chi connectivity index (χ2n) is 5.22. The Morgan fingerprint density at radius 3 is 2.55 bits per heavy atom. The minimum absolute atomic E-state index is 0.465. The summed E-state index contributed by atoms with van der Waals surface area (Å²) < 4.78 is 0. The summed E-state index contributed by atoms with van der Waals surface area (Å²) in [5.41, 5.74) is 0.692. The maximum atomic E-state index is 10.3. The molecule has 0 amide bonds. The monoisotopic (exact) mass is 317 g/mol. The van der Waals surface area contributed by atoms with Crippen LogP contribution in [0.15, 0.2) is 18.2 Å². The quantitative estimate of drug-likeness (QED) is 0.673. The molecule has 1 aromatic rings. The molecular weight excluding hydrogens is 293 g/mol. The van der Waals surface area contributed by atoms with Crippen LogP contribution in [0.2, 0.25) is 10.0 Å². The van der Waals surface area contributed by atoms with E-state index in [2.05, 4.69) is 19.2 Å². The molecular formula is C16H25Cl2NO. The van der Waals surface area contributed by atoms with Gasteiger partial charge in [-0.25, -0.2) is 0 Å². The van der Waals surface area contributed by atoms with Crippen LogP contribution in [-0.2, 0) is 0 Å². The van der Waals surface area contributed by atoms with Gasteiger partial charge in [-0.15, -0.1) is 0 Å². The van der Waals surface area contributed by atoms with E-state index in [1.54, 1.807) is 18.2 Å². The van der Waals surface area contributed by atoms with E-state index in [-0.39, 0.29) is 0 Å². The fourth-order valence-electron chi connectivity index (χ4n) is 2.31. The largest absolute Gasteiger partial charge is 0.387 e. The van der Waals surface area contributed by atoms with Crippen molar-refractivity contribution in [3.63, 3.8) is 0 Å².